The molecule has 0 bridgehead atoms. The van der Waals surface area contributed by atoms with E-state index < -0.39 is 0 Å². The second kappa shape index (κ2) is 6.24. The van der Waals surface area contributed by atoms with Crippen molar-refractivity contribution in [2.75, 3.05) is 19.7 Å². The molecule has 1 aliphatic rings. The highest BCUT2D eigenvalue weighted by atomic mass is 35.5. The van der Waals surface area contributed by atoms with Crippen LogP contribution in [0.3, 0.4) is 0 Å². The predicted octanol–water partition coefficient (Wildman–Crippen LogP) is 2.05. The van der Waals surface area contributed by atoms with E-state index in [1.54, 1.807) is 0 Å². The Morgan fingerprint density at radius 2 is 1.94 bits per heavy atom. The highest BCUT2D eigenvalue weighted by Gasteiger charge is 2.20. The lowest BCUT2D eigenvalue weighted by Crippen LogP contribution is -2.41. The van der Waals surface area contributed by atoms with Crippen molar-refractivity contribution >= 4 is 11.6 Å². The number of halogens is 1. The van der Waals surface area contributed by atoms with E-state index in [9.17, 15) is 0 Å². The zero-order valence-corrected chi connectivity index (χ0v) is 10.6. The van der Waals surface area contributed by atoms with Gasteiger partial charge in [-0.05, 0) is 56.1 Å². The van der Waals surface area contributed by atoms with Crippen molar-refractivity contribution in [3.63, 3.8) is 0 Å². The SMILES string of the molecule is NC(COc1ccc(Cl)cc1)C1CCNCC1. The van der Waals surface area contributed by atoms with E-state index in [0.717, 1.165) is 36.7 Å². The molecule has 1 fully saturated rings. The average Bonchev–Trinajstić information content (AvgIpc) is 2.39. The Kier molecular flexibility index (Phi) is 4.66. The number of hydrogen-bond acceptors (Lipinski definition) is 3. The largest absolute Gasteiger partial charge is 0.492 e. The summed E-state index contributed by atoms with van der Waals surface area (Å²) < 4.78 is 5.67. The average molecular weight is 255 g/mol. The highest BCUT2D eigenvalue weighted by Crippen LogP contribution is 2.18. The number of rotatable bonds is 4. The van der Waals surface area contributed by atoms with Gasteiger partial charge in [-0.1, -0.05) is 11.6 Å². The van der Waals surface area contributed by atoms with Crippen molar-refractivity contribution in [2.24, 2.45) is 11.7 Å². The Bertz CT molecular complexity index is 336. The van der Waals surface area contributed by atoms with Crippen LogP contribution in [0.2, 0.25) is 5.02 Å². The lowest BCUT2D eigenvalue weighted by molar-refractivity contribution is 0.219. The molecule has 1 aromatic rings. The van der Waals surface area contributed by atoms with Gasteiger partial charge in [-0.2, -0.15) is 0 Å². The van der Waals surface area contributed by atoms with Gasteiger partial charge in [-0.25, -0.2) is 0 Å². The Labute approximate surface area is 107 Å². The van der Waals surface area contributed by atoms with Crippen LogP contribution >= 0.6 is 11.6 Å². The van der Waals surface area contributed by atoms with Gasteiger partial charge in [-0.3, -0.25) is 0 Å². The van der Waals surface area contributed by atoms with Crippen LogP contribution in [0.1, 0.15) is 12.8 Å². The van der Waals surface area contributed by atoms with Gasteiger partial charge < -0.3 is 15.8 Å². The van der Waals surface area contributed by atoms with Crippen molar-refractivity contribution in [1.29, 1.82) is 0 Å². The topological polar surface area (TPSA) is 47.3 Å². The van der Waals surface area contributed by atoms with E-state index in [0.29, 0.717) is 12.5 Å². The third kappa shape index (κ3) is 3.87. The third-order valence-corrected chi connectivity index (χ3v) is 3.50. The molecule has 3 N–H and O–H groups in total. The highest BCUT2D eigenvalue weighted by molar-refractivity contribution is 6.30. The summed E-state index contributed by atoms with van der Waals surface area (Å²) in [5, 5.41) is 4.06. The Balaban J connectivity index is 1.78. The monoisotopic (exact) mass is 254 g/mol. The Hall–Kier alpha value is -0.770. The number of benzene rings is 1. The molecular weight excluding hydrogens is 236 g/mol. The summed E-state index contributed by atoms with van der Waals surface area (Å²) in [6, 6.07) is 7.52. The minimum Gasteiger partial charge on any atom is -0.492 e. The van der Waals surface area contributed by atoms with E-state index >= 15 is 0 Å². The molecule has 0 aromatic heterocycles. The molecule has 1 unspecified atom stereocenters. The molecule has 94 valence electrons. The van der Waals surface area contributed by atoms with Crippen LogP contribution in [0.25, 0.3) is 0 Å². The summed E-state index contributed by atoms with van der Waals surface area (Å²) in [4.78, 5) is 0. The molecule has 0 radical (unpaired) electrons. The molecule has 4 heteroatoms. The maximum atomic E-state index is 6.15. The summed E-state index contributed by atoms with van der Waals surface area (Å²) in [7, 11) is 0. The maximum absolute atomic E-state index is 6.15. The Morgan fingerprint density at radius 1 is 1.29 bits per heavy atom. The summed E-state index contributed by atoms with van der Waals surface area (Å²) in [6.45, 7) is 2.71. The van der Waals surface area contributed by atoms with Crippen LogP contribution < -0.4 is 15.8 Å². The van der Waals surface area contributed by atoms with Crippen LogP contribution in [0.15, 0.2) is 24.3 Å². The van der Waals surface area contributed by atoms with Crippen molar-refractivity contribution in [1.82, 2.24) is 5.32 Å². The van der Waals surface area contributed by atoms with E-state index in [4.69, 9.17) is 22.1 Å². The van der Waals surface area contributed by atoms with E-state index in [-0.39, 0.29) is 6.04 Å². The van der Waals surface area contributed by atoms with Gasteiger partial charge >= 0.3 is 0 Å². The number of ether oxygens (including phenoxy) is 1. The summed E-state index contributed by atoms with van der Waals surface area (Å²) in [6.07, 6.45) is 2.29. The first-order chi connectivity index (χ1) is 8.25. The number of piperidine rings is 1. The molecule has 0 spiro atoms. The van der Waals surface area contributed by atoms with Crippen LogP contribution in [-0.4, -0.2) is 25.7 Å². The number of nitrogens with two attached hydrogens (primary N) is 1. The molecular formula is C13H19ClN2O. The fraction of sp³-hybridized carbons (Fsp3) is 0.538. The van der Waals surface area contributed by atoms with E-state index in [1.807, 2.05) is 24.3 Å². The fourth-order valence-corrected chi connectivity index (χ4v) is 2.26. The first-order valence-corrected chi connectivity index (χ1v) is 6.48. The smallest absolute Gasteiger partial charge is 0.119 e. The second-order valence-electron chi connectivity index (χ2n) is 4.52. The minimum absolute atomic E-state index is 0.118. The molecule has 1 aliphatic heterocycles. The normalized spacial score (nSPS) is 18.9. The van der Waals surface area contributed by atoms with Crippen molar-refractivity contribution in [2.45, 2.75) is 18.9 Å². The summed E-state index contributed by atoms with van der Waals surface area (Å²) >= 11 is 5.81. The maximum Gasteiger partial charge on any atom is 0.119 e. The Morgan fingerprint density at radius 3 is 2.59 bits per heavy atom. The molecule has 0 amide bonds. The predicted molar refractivity (Wildman–Crippen MR) is 70.5 cm³/mol. The van der Waals surface area contributed by atoms with Gasteiger partial charge in [-0.15, -0.1) is 0 Å². The first-order valence-electron chi connectivity index (χ1n) is 6.10. The first kappa shape index (κ1) is 12.7. The van der Waals surface area contributed by atoms with Crippen molar-refractivity contribution in [3.05, 3.63) is 29.3 Å². The zero-order valence-electron chi connectivity index (χ0n) is 9.86. The number of hydrogen-bond donors (Lipinski definition) is 2. The molecule has 1 atom stereocenters. The van der Waals surface area contributed by atoms with Crippen molar-refractivity contribution in [3.8, 4) is 5.75 Å². The van der Waals surface area contributed by atoms with Crippen LogP contribution in [0, 0.1) is 5.92 Å². The minimum atomic E-state index is 0.118. The second-order valence-corrected chi connectivity index (χ2v) is 4.95. The molecule has 0 saturated carbocycles. The van der Waals surface area contributed by atoms with Gasteiger partial charge in [0.25, 0.3) is 0 Å². The van der Waals surface area contributed by atoms with Gasteiger partial charge in [0.15, 0.2) is 0 Å². The fourth-order valence-electron chi connectivity index (χ4n) is 2.13. The lowest BCUT2D eigenvalue weighted by Gasteiger charge is -2.27. The van der Waals surface area contributed by atoms with Crippen LogP contribution in [0.4, 0.5) is 0 Å². The zero-order chi connectivity index (χ0) is 12.1. The molecule has 0 aliphatic carbocycles. The summed E-state index contributed by atoms with van der Waals surface area (Å²) in [5.41, 5.74) is 6.15. The number of nitrogens with one attached hydrogen (secondary N) is 1. The summed E-state index contributed by atoms with van der Waals surface area (Å²) in [5.74, 6) is 1.40. The van der Waals surface area contributed by atoms with Crippen LogP contribution in [0.5, 0.6) is 5.75 Å². The van der Waals surface area contributed by atoms with Crippen molar-refractivity contribution < 1.29 is 4.74 Å². The third-order valence-electron chi connectivity index (χ3n) is 3.25. The molecule has 1 aromatic carbocycles. The van der Waals surface area contributed by atoms with Gasteiger partial charge in [0.2, 0.25) is 0 Å². The molecule has 3 nitrogen and oxygen atoms in total. The standard InChI is InChI=1S/C13H19ClN2O/c14-11-1-3-12(4-2-11)17-9-13(15)10-5-7-16-8-6-10/h1-4,10,13,16H,5-9,15H2. The molecule has 17 heavy (non-hydrogen) atoms. The molecule has 2 rings (SSSR count). The van der Waals surface area contributed by atoms with Gasteiger partial charge in [0.05, 0.1) is 0 Å². The van der Waals surface area contributed by atoms with Gasteiger partial charge in [0.1, 0.15) is 12.4 Å². The van der Waals surface area contributed by atoms with Gasteiger partial charge in [0, 0.05) is 11.1 Å². The lowest BCUT2D eigenvalue weighted by atomic mass is 9.91. The van der Waals surface area contributed by atoms with E-state index in [1.165, 1.54) is 0 Å². The quantitative estimate of drug-likeness (QED) is 0.865. The molecule has 1 heterocycles. The van der Waals surface area contributed by atoms with Crippen LogP contribution in [-0.2, 0) is 0 Å². The van der Waals surface area contributed by atoms with E-state index in [2.05, 4.69) is 5.32 Å². The molecule has 1 saturated heterocycles.